The SMILES string of the molecule is COC(=O)c1cccc(-n2c(C)cc(C=C3C(=O)NC(=O)N(c4ccc(C)c(Cl)c4)C3=O)c2C)c1. The predicted octanol–water partition coefficient (Wildman–Crippen LogP) is 4.51. The van der Waals surface area contributed by atoms with Crippen molar-refractivity contribution in [2.45, 2.75) is 20.8 Å². The van der Waals surface area contributed by atoms with Crippen molar-refractivity contribution in [3.05, 3.63) is 87.2 Å². The molecular formula is C26H22ClN3O5. The van der Waals surface area contributed by atoms with Gasteiger partial charge in [-0.15, -0.1) is 0 Å². The monoisotopic (exact) mass is 491 g/mol. The molecule has 0 unspecified atom stereocenters. The van der Waals surface area contributed by atoms with Crippen LogP contribution in [-0.2, 0) is 14.3 Å². The topological polar surface area (TPSA) is 97.7 Å². The molecule has 0 saturated carbocycles. The Morgan fingerprint density at radius 2 is 1.74 bits per heavy atom. The summed E-state index contributed by atoms with van der Waals surface area (Å²) in [6.07, 6.45) is 1.45. The number of hydrogen-bond donors (Lipinski definition) is 1. The van der Waals surface area contributed by atoms with E-state index in [4.69, 9.17) is 16.3 Å². The van der Waals surface area contributed by atoms with Crippen molar-refractivity contribution in [2.24, 2.45) is 0 Å². The van der Waals surface area contributed by atoms with Gasteiger partial charge in [0.15, 0.2) is 0 Å². The molecule has 0 atom stereocenters. The number of halogens is 1. The van der Waals surface area contributed by atoms with Crippen LogP contribution in [0.25, 0.3) is 11.8 Å². The van der Waals surface area contributed by atoms with E-state index in [-0.39, 0.29) is 11.3 Å². The van der Waals surface area contributed by atoms with E-state index in [9.17, 15) is 19.2 Å². The number of amides is 4. The van der Waals surface area contributed by atoms with Crippen LogP contribution in [0.1, 0.15) is 32.9 Å². The maximum Gasteiger partial charge on any atom is 0.337 e. The number of urea groups is 1. The Morgan fingerprint density at radius 3 is 2.43 bits per heavy atom. The average Bonchev–Trinajstić information content (AvgIpc) is 3.10. The summed E-state index contributed by atoms with van der Waals surface area (Å²) in [6.45, 7) is 5.50. The predicted molar refractivity (Wildman–Crippen MR) is 132 cm³/mol. The molecule has 1 aromatic heterocycles. The fourth-order valence-corrected chi connectivity index (χ4v) is 4.16. The lowest BCUT2D eigenvalue weighted by Crippen LogP contribution is -2.54. The lowest BCUT2D eigenvalue weighted by atomic mass is 10.1. The highest BCUT2D eigenvalue weighted by atomic mass is 35.5. The molecule has 8 nitrogen and oxygen atoms in total. The van der Waals surface area contributed by atoms with Gasteiger partial charge in [0.1, 0.15) is 5.57 Å². The van der Waals surface area contributed by atoms with Gasteiger partial charge >= 0.3 is 12.0 Å². The van der Waals surface area contributed by atoms with Gasteiger partial charge in [-0.05, 0) is 74.4 Å². The molecule has 2 heterocycles. The molecule has 4 amide bonds. The van der Waals surface area contributed by atoms with E-state index in [2.05, 4.69) is 5.32 Å². The van der Waals surface area contributed by atoms with Crippen molar-refractivity contribution < 1.29 is 23.9 Å². The first-order chi connectivity index (χ1) is 16.6. The first kappa shape index (κ1) is 24.0. The minimum atomic E-state index is -0.845. The second-order valence-electron chi connectivity index (χ2n) is 8.10. The summed E-state index contributed by atoms with van der Waals surface area (Å²) in [5.41, 5.74) is 4.13. The molecule has 35 heavy (non-hydrogen) atoms. The standard InChI is InChI=1S/C26H22ClN3O5/c1-14-8-9-20(13-22(14)27)30-24(32)21(23(31)28-26(30)34)12-18-10-15(2)29(16(18)3)19-7-5-6-17(11-19)25(33)35-4/h5-13H,1-4H3,(H,28,31,34). The third kappa shape index (κ3) is 4.36. The summed E-state index contributed by atoms with van der Waals surface area (Å²) < 4.78 is 6.70. The smallest absolute Gasteiger partial charge is 0.337 e. The maximum absolute atomic E-state index is 13.2. The zero-order chi connectivity index (χ0) is 25.4. The van der Waals surface area contributed by atoms with Gasteiger partial charge in [0.2, 0.25) is 0 Å². The molecular weight excluding hydrogens is 470 g/mol. The highest BCUT2D eigenvalue weighted by Crippen LogP contribution is 2.28. The number of aromatic nitrogens is 1. The van der Waals surface area contributed by atoms with Crippen LogP contribution in [0.3, 0.4) is 0 Å². The number of anilines is 1. The third-order valence-electron chi connectivity index (χ3n) is 5.81. The largest absolute Gasteiger partial charge is 0.465 e. The van der Waals surface area contributed by atoms with Crippen LogP contribution in [0.15, 0.2) is 54.1 Å². The lowest BCUT2D eigenvalue weighted by molar-refractivity contribution is -0.122. The molecule has 4 rings (SSSR count). The highest BCUT2D eigenvalue weighted by molar-refractivity contribution is 6.39. The second-order valence-corrected chi connectivity index (χ2v) is 8.50. The van der Waals surface area contributed by atoms with E-state index in [1.807, 2.05) is 30.5 Å². The highest BCUT2D eigenvalue weighted by Gasteiger charge is 2.37. The van der Waals surface area contributed by atoms with Gasteiger partial charge in [-0.25, -0.2) is 14.5 Å². The van der Waals surface area contributed by atoms with Gasteiger partial charge in [-0.3, -0.25) is 14.9 Å². The molecule has 0 bridgehead atoms. The number of rotatable bonds is 4. The van der Waals surface area contributed by atoms with Crippen molar-refractivity contribution in [2.75, 3.05) is 12.0 Å². The first-order valence-electron chi connectivity index (χ1n) is 10.7. The number of imide groups is 2. The molecule has 1 N–H and O–H groups in total. The molecule has 0 aliphatic carbocycles. The third-order valence-corrected chi connectivity index (χ3v) is 6.22. The molecule has 1 aliphatic rings. The number of nitrogens with zero attached hydrogens (tertiary/aromatic N) is 2. The molecule has 3 aromatic rings. The number of benzene rings is 2. The zero-order valence-corrected chi connectivity index (χ0v) is 20.3. The Balaban J connectivity index is 1.76. The quantitative estimate of drug-likeness (QED) is 0.329. The lowest BCUT2D eigenvalue weighted by Gasteiger charge is -2.26. The molecule has 1 aliphatic heterocycles. The summed E-state index contributed by atoms with van der Waals surface area (Å²) in [7, 11) is 1.32. The minimum absolute atomic E-state index is 0.190. The van der Waals surface area contributed by atoms with Crippen LogP contribution in [0.2, 0.25) is 5.02 Å². The van der Waals surface area contributed by atoms with Gasteiger partial charge in [0.25, 0.3) is 11.8 Å². The van der Waals surface area contributed by atoms with Crippen LogP contribution < -0.4 is 10.2 Å². The van der Waals surface area contributed by atoms with Crippen molar-refractivity contribution in [1.82, 2.24) is 9.88 Å². The van der Waals surface area contributed by atoms with Crippen molar-refractivity contribution >= 4 is 47.2 Å². The number of carbonyl (C=O) groups is 4. The van der Waals surface area contributed by atoms with Gasteiger partial charge in [0, 0.05) is 22.1 Å². The average molecular weight is 492 g/mol. The Labute approximate surface area is 206 Å². The number of methoxy groups -OCH3 is 1. The van der Waals surface area contributed by atoms with Gasteiger partial charge in [-0.2, -0.15) is 0 Å². The van der Waals surface area contributed by atoms with Crippen molar-refractivity contribution in [1.29, 1.82) is 0 Å². The summed E-state index contributed by atoms with van der Waals surface area (Å²) in [5, 5.41) is 2.61. The van der Waals surface area contributed by atoms with E-state index in [0.717, 1.165) is 27.5 Å². The van der Waals surface area contributed by atoms with Crippen LogP contribution in [0.4, 0.5) is 10.5 Å². The molecule has 9 heteroatoms. The van der Waals surface area contributed by atoms with E-state index >= 15 is 0 Å². The Bertz CT molecular complexity index is 1440. The normalized spacial score (nSPS) is 14.9. The Hall–Kier alpha value is -4.17. The molecule has 0 radical (unpaired) electrons. The fourth-order valence-electron chi connectivity index (χ4n) is 3.99. The first-order valence-corrected chi connectivity index (χ1v) is 11.1. The number of aryl methyl sites for hydroxylation is 2. The number of esters is 1. The number of nitrogens with one attached hydrogen (secondary N) is 1. The molecule has 0 spiro atoms. The molecule has 1 saturated heterocycles. The van der Waals surface area contributed by atoms with Gasteiger partial charge < -0.3 is 9.30 Å². The summed E-state index contributed by atoms with van der Waals surface area (Å²) in [6, 6.07) is 12.7. The zero-order valence-electron chi connectivity index (χ0n) is 19.5. The van der Waals surface area contributed by atoms with Crippen LogP contribution in [0.5, 0.6) is 0 Å². The van der Waals surface area contributed by atoms with Crippen LogP contribution >= 0.6 is 11.6 Å². The molecule has 2 aromatic carbocycles. The van der Waals surface area contributed by atoms with E-state index in [1.165, 1.54) is 19.3 Å². The minimum Gasteiger partial charge on any atom is -0.465 e. The summed E-state index contributed by atoms with van der Waals surface area (Å²) in [5.74, 6) is -2.00. The fraction of sp³-hybridized carbons (Fsp3) is 0.154. The van der Waals surface area contributed by atoms with Crippen molar-refractivity contribution in [3.8, 4) is 5.69 Å². The van der Waals surface area contributed by atoms with Crippen LogP contribution in [0, 0.1) is 20.8 Å². The second kappa shape index (κ2) is 9.23. The molecule has 1 fully saturated rings. The Morgan fingerprint density at radius 1 is 1.00 bits per heavy atom. The Kier molecular flexibility index (Phi) is 6.32. The number of barbiturate groups is 1. The van der Waals surface area contributed by atoms with E-state index in [0.29, 0.717) is 16.1 Å². The van der Waals surface area contributed by atoms with E-state index in [1.54, 1.807) is 37.3 Å². The summed E-state index contributed by atoms with van der Waals surface area (Å²) >= 11 is 6.18. The molecule has 178 valence electrons. The number of carbonyl (C=O) groups excluding carboxylic acids is 4. The van der Waals surface area contributed by atoms with Crippen molar-refractivity contribution in [3.63, 3.8) is 0 Å². The van der Waals surface area contributed by atoms with Crippen LogP contribution in [-0.4, -0.2) is 35.5 Å². The number of hydrogen-bond acceptors (Lipinski definition) is 5. The van der Waals surface area contributed by atoms with Gasteiger partial charge in [0.05, 0.1) is 18.4 Å². The maximum atomic E-state index is 13.2. The number of ether oxygens (including phenoxy) is 1. The summed E-state index contributed by atoms with van der Waals surface area (Å²) in [4.78, 5) is 51.2. The van der Waals surface area contributed by atoms with E-state index < -0.39 is 23.8 Å². The van der Waals surface area contributed by atoms with Gasteiger partial charge in [-0.1, -0.05) is 23.7 Å².